The predicted octanol–water partition coefficient (Wildman–Crippen LogP) is 2.58. The van der Waals surface area contributed by atoms with E-state index in [1.807, 2.05) is 78.3 Å². The summed E-state index contributed by atoms with van der Waals surface area (Å²) in [7, 11) is 3.90. The van der Waals surface area contributed by atoms with Crippen molar-refractivity contribution in [2.24, 2.45) is 0 Å². The highest BCUT2D eigenvalue weighted by molar-refractivity contribution is 5.95. The van der Waals surface area contributed by atoms with Gasteiger partial charge in [-0.1, -0.05) is 18.2 Å². The van der Waals surface area contributed by atoms with E-state index in [9.17, 15) is 4.79 Å². The van der Waals surface area contributed by atoms with Crippen LogP contribution in [0.25, 0.3) is 5.65 Å². The van der Waals surface area contributed by atoms with Gasteiger partial charge in [0.1, 0.15) is 5.65 Å². The number of carbonyl (C=O) groups is 1. The van der Waals surface area contributed by atoms with Gasteiger partial charge < -0.3 is 14.6 Å². The van der Waals surface area contributed by atoms with E-state index in [4.69, 9.17) is 0 Å². The molecule has 0 aliphatic rings. The van der Waals surface area contributed by atoms with E-state index in [1.54, 1.807) is 0 Å². The van der Waals surface area contributed by atoms with Crippen LogP contribution in [0.3, 0.4) is 0 Å². The molecule has 1 N–H and O–H groups in total. The van der Waals surface area contributed by atoms with Gasteiger partial charge in [-0.05, 0) is 24.3 Å². The average molecular weight is 294 g/mol. The Morgan fingerprint density at radius 3 is 2.73 bits per heavy atom. The second kappa shape index (κ2) is 5.89. The number of carbonyl (C=O) groups excluding carboxylic acids is 1. The van der Waals surface area contributed by atoms with Crippen molar-refractivity contribution in [2.75, 3.05) is 24.3 Å². The molecule has 1 amide bonds. The number of benzene rings is 1. The Morgan fingerprint density at radius 1 is 1.18 bits per heavy atom. The van der Waals surface area contributed by atoms with Crippen molar-refractivity contribution in [1.82, 2.24) is 9.38 Å². The number of fused-ring (bicyclic) bond motifs is 1. The van der Waals surface area contributed by atoms with Gasteiger partial charge in [0.2, 0.25) is 5.91 Å². The summed E-state index contributed by atoms with van der Waals surface area (Å²) in [5, 5.41) is 2.95. The van der Waals surface area contributed by atoms with E-state index in [1.165, 1.54) is 0 Å². The molecule has 2 heterocycles. The molecule has 0 aliphatic heterocycles. The lowest BCUT2D eigenvalue weighted by molar-refractivity contribution is -0.115. The van der Waals surface area contributed by atoms with Gasteiger partial charge in [0.05, 0.1) is 23.5 Å². The molecule has 22 heavy (non-hydrogen) atoms. The van der Waals surface area contributed by atoms with Crippen LogP contribution in [0.1, 0.15) is 5.69 Å². The topological polar surface area (TPSA) is 49.6 Å². The Morgan fingerprint density at radius 2 is 1.95 bits per heavy atom. The summed E-state index contributed by atoms with van der Waals surface area (Å²) in [6, 6.07) is 13.5. The molecule has 2 aromatic heterocycles. The van der Waals surface area contributed by atoms with Gasteiger partial charge in [-0.15, -0.1) is 0 Å². The minimum absolute atomic E-state index is 0.0716. The fourth-order valence-corrected chi connectivity index (χ4v) is 2.40. The Labute approximate surface area is 129 Å². The Kier molecular flexibility index (Phi) is 3.78. The summed E-state index contributed by atoms with van der Waals surface area (Å²) in [6.45, 7) is 0. The summed E-state index contributed by atoms with van der Waals surface area (Å²) < 4.78 is 1.91. The minimum atomic E-state index is -0.0716. The first kappa shape index (κ1) is 14.1. The molecule has 1 aromatic carbocycles. The predicted molar refractivity (Wildman–Crippen MR) is 88.3 cm³/mol. The molecule has 0 radical (unpaired) electrons. The Bertz CT molecular complexity index is 774. The molecule has 0 unspecified atom stereocenters. The van der Waals surface area contributed by atoms with E-state index < -0.39 is 0 Å². The normalized spacial score (nSPS) is 10.6. The summed E-state index contributed by atoms with van der Waals surface area (Å²) in [4.78, 5) is 18.7. The highest BCUT2D eigenvalue weighted by Gasteiger charge is 2.10. The lowest BCUT2D eigenvalue weighted by atomic mass is 10.2. The molecule has 0 saturated carbocycles. The van der Waals surface area contributed by atoms with Crippen LogP contribution >= 0.6 is 0 Å². The molecule has 112 valence electrons. The molecule has 0 bridgehead atoms. The Balaban J connectivity index is 1.75. The smallest absolute Gasteiger partial charge is 0.230 e. The third-order valence-corrected chi connectivity index (χ3v) is 3.42. The summed E-state index contributed by atoms with van der Waals surface area (Å²) >= 11 is 0. The number of hydrogen-bond donors (Lipinski definition) is 1. The second-order valence-electron chi connectivity index (χ2n) is 5.33. The molecule has 0 aliphatic carbocycles. The number of rotatable bonds is 4. The lowest BCUT2D eigenvalue weighted by Crippen LogP contribution is -2.18. The maximum atomic E-state index is 12.3. The van der Waals surface area contributed by atoms with Crippen LogP contribution in [-0.4, -0.2) is 29.4 Å². The maximum Gasteiger partial charge on any atom is 0.230 e. The molecule has 0 spiro atoms. The van der Waals surface area contributed by atoms with Crippen LogP contribution < -0.4 is 10.2 Å². The molecule has 5 nitrogen and oxygen atoms in total. The fourth-order valence-electron chi connectivity index (χ4n) is 2.40. The number of aromatic nitrogens is 2. The van der Waals surface area contributed by atoms with Crippen molar-refractivity contribution in [3.8, 4) is 0 Å². The zero-order valence-corrected chi connectivity index (χ0v) is 12.7. The zero-order chi connectivity index (χ0) is 15.5. The zero-order valence-electron chi connectivity index (χ0n) is 12.7. The number of imidazole rings is 1. The first-order chi connectivity index (χ1) is 10.6. The first-order valence-electron chi connectivity index (χ1n) is 7.12. The van der Waals surface area contributed by atoms with Crippen molar-refractivity contribution < 1.29 is 4.79 Å². The van der Waals surface area contributed by atoms with Gasteiger partial charge in [-0.2, -0.15) is 0 Å². The first-order valence-corrected chi connectivity index (χ1v) is 7.12. The highest BCUT2D eigenvalue weighted by atomic mass is 16.1. The summed E-state index contributed by atoms with van der Waals surface area (Å²) in [5.41, 5.74) is 3.39. The van der Waals surface area contributed by atoms with Crippen LogP contribution in [0.4, 0.5) is 11.4 Å². The molecular weight excluding hydrogens is 276 g/mol. The summed E-state index contributed by atoms with van der Waals surface area (Å²) in [6.07, 6.45) is 4.06. The van der Waals surface area contributed by atoms with Crippen LogP contribution in [0.15, 0.2) is 54.9 Å². The number of nitrogens with zero attached hydrogens (tertiary/aromatic N) is 3. The number of nitrogens with one attached hydrogen (secondary N) is 1. The third-order valence-electron chi connectivity index (χ3n) is 3.42. The number of para-hydroxylation sites is 2. The van der Waals surface area contributed by atoms with Gasteiger partial charge >= 0.3 is 0 Å². The van der Waals surface area contributed by atoms with E-state index in [-0.39, 0.29) is 12.3 Å². The molecule has 5 heteroatoms. The van der Waals surface area contributed by atoms with Crippen molar-refractivity contribution in [3.05, 3.63) is 60.6 Å². The van der Waals surface area contributed by atoms with Gasteiger partial charge in [-0.3, -0.25) is 4.79 Å². The SMILES string of the molecule is CN(C)c1ccccc1NC(=O)Cc1cn2ccccc2n1. The average Bonchev–Trinajstić information content (AvgIpc) is 2.89. The van der Waals surface area contributed by atoms with Crippen molar-refractivity contribution in [3.63, 3.8) is 0 Å². The highest BCUT2D eigenvalue weighted by Crippen LogP contribution is 2.23. The monoisotopic (exact) mass is 294 g/mol. The number of hydrogen-bond acceptors (Lipinski definition) is 3. The second-order valence-corrected chi connectivity index (χ2v) is 5.33. The number of anilines is 2. The largest absolute Gasteiger partial charge is 0.376 e. The van der Waals surface area contributed by atoms with Crippen LogP contribution in [-0.2, 0) is 11.2 Å². The molecule has 0 saturated heterocycles. The third kappa shape index (κ3) is 2.93. The summed E-state index contributed by atoms with van der Waals surface area (Å²) in [5.74, 6) is -0.0716. The molecular formula is C17H18N4O. The van der Waals surface area contributed by atoms with Crippen molar-refractivity contribution in [1.29, 1.82) is 0 Å². The molecule has 0 atom stereocenters. The van der Waals surface area contributed by atoms with Gasteiger partial charge in [-0.25, -0.2) is 4.98 Å². The fraction of sp³-hybridized carbons (Fsp3) is 0.176. The quantitative estimate of drug-likeness (QED) is 0.804. The van der Waals surface area contributed by atoms with Crippen molar-refractivity contribution in [2.45, 2.75) is 6.42 Å². The standard InChI is InChI=1S/C17H18N4O/c1-20(2)15-8-4-3-7-14(15)19-17(22)11-13-12-21-10-6-5-9-16(21)18-13/h3-10,12H,11H2,1-2H3,(H,19,22). The lowest BCUT2D eigenvalue weighted by Gasteiger charge is -2.17. The van der Waals surface area contributed by atoms with E-state index >= 15 is 0 Å². The Hall–Kier alpha value is -2.82. The van der Waals surface area contributed by atoms with Gasteiger partial charge in [0.15, 0.2) is 0 Å². The van der Waals surface area contributed by atoms with Gasteiger partial charge in [0, 0.05) is 26.5 Å². The maximum absolute atomic E-state index is 12.3. The molecule has 0 fully saturated rings. The van der Waals surface area contributed by atoms with Crippen molar-refractivity contribution >= 4 is 22.9 Å². The van der Waals surface area contributed by atoms with Crippen LogP contribution in [0.2, 0.25) is 0 Å². The number of amides is 1. The minimum Gasteiger partial charge on any atom is -0.376 e. The van der Waals surface area contributed by atoms with Gasteiger partial charge in [0.25, 0.3) is 0 Å². The molecule has 3 rings (SSSR count). The van der Waals surface area contributed by atoms with E-state index in [0.717, 1.165) is 22.7 Å². The number of pyridine rings is 1. The van der Waals surface area contributed by atoms with Crippen LogP contribution in [0.5, 0.6) is 0 Å². The molecule has 3 aromatic rings. The van der Waals surface area contributed by atoms with E-state index in [0.29, 0.717) is 0 Å². The van der Waals surface area contributed by atoms with Crippen LogP contribution in [0, 0.1) is 0 Å². The van der Waals surface area contributed by atoms with E-state index in [2.05, 4.69) is 10.3 Å².